The average Bonchev–Trinajstić information content (AvgIpc) is 3.89. The summed E-state index contributed by atoms with van der Waals surface area (Å²) in [6.07, 6.45) is 0. The number of hydrogen-bond donors (Lipinski definition) is 0. The van der Waals surface area contributed by atoms with E-state index >= 15 is 0 Å². The normalized spacial score (nSPS) is 11.5. The van der Waals surface area contributed by atoms with Crippen molar-refractivity contribution in [2.75, 3.05) is 9.80 Å². The van der Waals surface area contributed by atoms with Gasteiger partial charge in [-0.05, 0) is 139 Å². The molecule has 0 saturated carbocycles. The minimum absolute atomic E-state index is 0.887. The van der Waals surface area contributed by atoms with Crippen LogP contribution in [0.1, 0.15) is 0 Å². The van der Waals surface area contributed by atoms with Crippen molar-refractivity contribution in [3.63, 3.8) is 0 Å². The quantitative estimate of drug-likeness (QED) is 0.136. The van der Waals surface area contributed by atoms with Crippen molar-refractivity contribution in [2.45, 2.75) is 0 Å². The molecular formula is C72H48N2O. The summed E-state index contributed by atoms with van der Waals surface area (Å²) in [6.45, 7) is 0. The Kier molecular flexibility index (Phi) is 10.8. The molecule has 0 bridgehead atoms. The van der Waals surface area contributed by atoms with Gasteiger partial charge >= 0.3 is 0 Å². The van der Waals surface area contributed by atoms with E-state index in [0.29, 0.717) is 0 Å². The van der Waals surface area contributed by atoms with E-state index in [9.17, 15) is 0 Å². The Morgan fingerprint density at radius 3 is 1.41 bits per heavy atom. The molecule has 0 unspecified atom stereocenters. The Labute approximate surface area is 436 Å². The number of anilines is 6. The first-order valence-electron chi connectivity index (χ1n) is 25.6. The van der Waals surface area contributed by atoms with Crippen LogP contribution in [-0.4, -0.2) is 0 Å². The van der Waals surface area contributed by atoms with Gasteiger partial charge in [-0.3, -0.25) is 0 Å². The summed E-state index contributed by atoms with van der Waals surface area (Å²) in [5.74, 6) is 0. The first kappa shape index (κ1) is 43.8. The lowest BCUT2D eigenvalue weighted by atomic mass is 9.93. The van der Waals surface area contributed by atoms with Gasteiger partial charge in [-0.15, -0.1) is 0 Å². The van der Waals surface area contributed by atoms with Crippen LogP contribution in [0.25, 0.3) is 98.8 Å². The van der Waals surface area contributed by atoms with Crippen LogP contribution in [0.5, 0.6) is 0 Å². The monoisotopic (exact) mass is 956 g/mol. The highest BCUT2D eigenvalue weighted by Gasteiger charge is 2.23. The maximum atomic E-state index is 6.40. The molecule has 0 spiro atoms. The SMILES string of the molecule is c1ccc(-c2ccc(-c3ccc(N(c4ccc5ccccc5c4)c4ccccc4-c4cccc(N(c5ccc6ccccc6c5)c5ccc(-c6cccc7oc8ccccc8c67)c6ccccc56)c4)cc3)cc2)cc1. The van der Waals surface area contributed by atoms with Gasteiger partial charge in [0, 0.05) is 44.5 Å². The summed E-state index contributed by atoms with van der Waals surface area (Å²) >= 11 is 0. The Hall–Kier alpha value is -9.96. The Morgan fingerprint density at radius 2 is 0.707 bits per heavy atom. The smallest absolute Gasteiger partial charge is 0.136 e. The highest BCUT2D eigenvalue weighted by molar-refractivity contribution is 6.17. The minimum Gasteiger partial charge on any atom is -0.456 e. The van der Waals surface area contributed by atoms with Gasteiger partial charge in [0.05, 0.1) is 11.4 Å². The van der Waals surface area contributed by atoms with Gasteiger partial charge in [-0.2, -0.15) is 0 Å². The van der Waals surface area contributed by atoms with Crippen LogP contribution in [0, 0.1) is 0 Å². The standard InChI is InChI=1S/C72H48N2O/c1-2-16-49(17-3-1)52-32-34-53(35-33-52)54-36-40-58(41-37-54)73(60-42-38-50-18-4-6-20-55(50)46-60)68-29-12-10-24-62(68)57-22-14-23-59(48-57)74(61-43-39-51-19-5-7-21-56(51)47-61)69-45-44-64(63-25-8-9-26-65(63)69)66-28-15-31-71-72(66)67-27-11-13-30-70(67)75-71/h1-48H. The van der Waals surface area contributed by atoms with Gasteiger partial charge in [-0.25, -0.2) is 0 Å². The first-order valence-corrected chi connectivity index (χ1v) is 25.6. The second-order valence-corrected chi connectivity index (χ2v) is 19.2. The molecule has 3 heteroatoms. The summed E-state index contributed by atoms with van der Waals surface area (Å²) in [7, 11) is 0. The molecular weight excluding hydrogens is 909 g/mol. The molecule has 0 atom stereocenters. The molecule has 0 aliphatic heterocycles. The van der Waals surface area contributed by atoms with Gasteiger partial charge in [0.1, 0.15) is 11.2 Å². The molecule has 14 rings (SSSR count). The van der Waals surface area contributed by atoms with Crippen molar-refractivity contribution in [2.24, 2.45) is 0 Å². The van der Waals surface area contributed by atoms with E-state index in [0.717, 1.165) is 83.7 Å². The van der Waals surface area contributed by atoms with E-state index < -0.39 is 0 Å². The number of nitrogens with zero attached hydrogens (tertiary/aromatic N) is 2. The van der Waals surface area contributed by atoms with Crippen LogP contribution in [0.4, 0.5) is 34.1 Å². The zero-order valence-electron chi connectivity index (χ0n) is 41.0. The highest BCUT2D eigenvalue weighted by atomic mass is 16.3. The van der Waals surface area contributed by atoms with Crippen molar-refractivity contribution in [1.29, 1.82) is 0 Å². The zero-order valence-corrected chi connectivity index (χ0v) is 41.0. The van der Waals surface area contributed by atoms with Gasteiger partial charge in [0.25, 0.3) is 0 Å². The number of benzene rings is 13. The predicted octanol–water partition coefficient (Wildman–Crippen LogP) is 20.7. The van der Waals surface area contributed by atoms with E-state index in [1.165, 1.54) is 49.2 Å². The Morgan fingerprint density at radius 1 is 0.227 bits per heavy atom. The van der Waals surface area contributed by atoms with E-state index in [2.05, 4.69) is 295 Å². The maximum absolute atomic E-state index is 6.40. The van der Waals surface area contributed by atoms with Gasteiger partial charge in [0.15, 0.2) is 0 Å². The summed E-state index contributed by atoms with van der Waals surface area (Å²) in [4.78, 5) is 4.85. The third-order valence-electron chi connectivity index (χ3n) is 14.8. The van der Waals surface area contributed by atoms with Crippen LogP contribution in [0.15, 0.2) is 296 Å². The Bertz CT molecular complexity index is 4420. The molecule has 352 valence electrons. The van der Waals surface area contributed by atoms with Crippen LogP contribution in [0.3, 0.4) is 0 Å². The number of para-hydroxylation sites is 2. The maximum Gasteiger partial charge on any atom is 0.136 e. The van der Waals surface area contributed by atoms with Crippen molar-refractivity contribution in [3.05, 3.63) is 291 Å². The van der Waals surface area contributed by atoms with Crippen molar-refractivity contribution in [3.8, 4) is 44.5 Å². The third-order valence-corrected chi connectivity index (χ3v) is 14.8. The molecule has 0 amide bonds. The summed E-state index contributed by atoms with van der Waals surface area (Å²) in [6, 6.07) is 105. The topological polar surface area (TPSA) is 19.6 Å². The van der Waals surface area contributed by atoms with Crippen molar-refractivity contribution in [1.82, 2.24) is 0 Å². The van der Waals surface area contributed by atoms with Crippen LogP contribution in [-0.2, 0) is 0 Å². The van der Waals surface area contributed by atoms with Crippen molar-refractivity contribution < 1.29 is 4.42 Å². The number of hydrogen-bond acceptors (Lipinski definition) is 3. The van der Waals surface area contributed by atoms with Crippen LogP contribution in [0.2, 0.25) is 0 Å². The lowest BCUT2D eigenvalue weighted by molar-refractivity contribution is 0.669. The molecule has 3 nitrogen and oxygen atoms in total. The van der Waals surface area contributed by atoms with Crippen LogP contribution >= 0.6 is 0 Å². The van der Waals surface area contributed by atoms with Gasteiger partial charge < -0.3 is 14.2 Å². The van der Waals surface area contributed by atoms with Crippen molar-refractivity contribution >= 4 is 88.4 Å². The molecule has 0 fully saturated rings. The summed E-state index contributed by atoms with van der Waals surface area (Å²) < 4.78 is 6.40. The number of furan rings is 1. The zero-order chi connectivity index (χ0) is 49.7. The Balaban J connectivity index is 0.910. The lowest BCUT2D eigenvalue weighted by Crippen LogP contribution is -2.12. The molecule has 0 N–H and O–H groups in total. The number of rotatable bonds is 10. The average molecular weight is 957 g/mol. The fraction of sp³-hybridized carbons (Fsp3) is 0. The van der Waals surface area contributed by atoms with E-state index in [-0.39, 0.29) is 0 Å². The fourth-order valence-electron chi connectivity index (χ4n) is 11.2. The second kappa shape index (κ2) is 18.6. The van der Waals surface area contributed by atoms with Gasteiger partial charge in [0.2, 0.25) is 0 Å². The molecule has 14 aromatic rings. The molecule has 13 aromatic carbocycles. The lowest BCUT2D eigenvalue weighted by Gasteiger charge is -2.30. The third kappa shape index (κ3) is 7.95. The molecule has 75 heavy (non-hydrogen) atoms. The number of fused-ring (bicyclic) bond motifs is 6. The van der Waals surface area contributed by atoms with E-state index in [1.807, 2.05) is 6.07 Å². The van der Waals surface area contributed by atoms with E-state index in [4.69, 9.17) is 4.42 Å². The predicted molar refractivity (Wildman–Crippen MR) is 317 cm³/mol. The largest absolute Gasteiger partial charge is 0.456 e. The molecule has 1 heterocycles. The fourth-order valence-corrected chi connectivity index (χ4v) is 11.2. The molecule has 0 saturated heterocycles. The molecule has 0 aliphatic carbocycles. The second-order valence-electron chi connectivity index (χ2n) is 19.2. The summed E-state index contributed by atoms with van der Waals surface area (Å²) in [5, 5.41) is 9.35. The molecule has 0 aliphatic rings. The van der Waals surface area contributed by atoms with Crippen LogP contribution < -0.4 is 9.80 Å². The van der Waals surface area contributed by atoms with E-state index in [1.54, 1.807) is 0 Å². The summed E-state index contributed by atoms with van der Waals surface area (Å²) in [5.41, 5.74) is 17.5. The first-order chi connectivity index (χ1) is 37.2. The molecule has 0 radical (unpaired) electrons. The molecule has 1 aromatic heterocycles. The van der Waals surface area contributed by atoms with Gasteiger partial charge in [-0.1, -0.05) is 218 Å². The minimum atomic E-state index is 0.887. The highest BCUT2D eigenvalue weighted by Crippen LogP contribution is 2.48.